The number of benzene rings is 1. The average Bonchev–Trinajstić information content (AvgIpc) is 2.39. The maximum atomic E-state index is 6.09. The molecule has 0 radical (unpaired) electrons. The highest BCUT2D eigenvalue weighted by atomic mass is 35.5. The summed E-state index contributed by atoms with van der Waals surface area (Å²) < 4.78 is 4.96. The summed E-state index contributed by atoms with van der Waals surface area (Å²) in [6.07, 6.45) is 0.866. The highest BCUT2D eigenvalue weighted by Crippen LogP contribution is 2.14. The van der Waals surface area contributed by atoms with Gasteiger partial charge in [0.1, 0.15) is 0 Å². The van der Waals surface area contributed by atoms with Gasteiger partial charge >= 0.3 is 0 Å². The quantitative estimate of drug-likeness (QED) is 0.469. The Morgan fingerprint density at radius 2 is 2.00 bits per heavy atom. The van der Waals surface area contributed by atoms with E-state index in [4.69, 9.17) is 16.3 Å². The van der Waals surface area contributed by atoms with Crippen LogP contribution in [0.15, 0.2) is 29.3 Å². The van der Waals surface area contributed by atoms with Crippen molar-refractivity contribution in [2.24, 2.45) is 4.99 Å². The van der Waals surface area contributed by atoms with Gasteiger partial charge in [-0.15, -0.1) is 0 Å². The lowest BCUT2D eigenvalue weighted by Crippen LogP contribution is -2.39. The van der Waals surface area contributed by atoms with Crippen molar-refractivity contribution in [1.82, 2.24) is 10.6 Å². The SMILES string of the molecule is CN=C(NCCOC)NCCc1ccccc1Cl. The number of hydrogen-bond donors (Lipinski definition) is 2. The van der Waals surface area contributed by atoms with Gasteiger partial charge in [0.25, 0.3) is 0 Å². The molecule has 0 saturated heterocycles. The van der Waals surface area contributed by atoms with Crippen molar-refractivity contribution >= 4 is 17.6 Å². The molecule has 0 spiro atoms. The van der Waals surface area contributed by atoms with E-state index in [0.29, 0.717) is 6.61 Å². The van der Waals surface area contributed by atoms with Crippen LogP contribution in [0.2, 0.25) is 5.02 Å². The predicted octanol–water partition coefficient (Wildman–Crippen LogP) is 1.69. The van der Waals surface area contributed by atoms with Gasteiger partial charge in [0, 0.05) is 32.3 Å². The molecule has 0 bridgehead atoms. The van der Waals surface area contributed by atoms with Crippen molar-refractivity contribution in [3.8, 4) is 0 Å². The van der Waals surface area contributed by atoms with E-state index in [1.165, 1.54) is 0 Å². The van der Waals surface area contributed by atoms with Crippen molar-refractivity contribution in [3.63, 3.8) is 0 Å². The Hall–Kier alpha value is -1.26. The molecular weight excluding hydrogens is 250 g/mol. The van der Waals surface area contributed by atoms with Gasteiger partial charge in [0.15, 0.2) is 5.96 Å². The van der Waals surface area contributed by atoms with Crippen LogP contribution in [0.3, 0.4) is 0 Å². The molecule has 18 heavy (non-hydrogen) atoms. The molecule has 0 fully saturated rings. The summed E-state index contributed by atoms with van der Waals surface area (Å²) in [7, 11) is 3.42. The van der Waals surface area contributed by atoms with Crippen molar-refractivity contribution in [3.05, 3.63) is 34.9 Å². The predicted molar refractivity (Wildman–Crippen MR) is 76.4 cm³/mol. The van der Waals surface area contributed by atoms with Crippen molar-refractivity contribution in [2.45, 2.75) is 6.42 Å². The molecule has 0 aliphatic heterocycles. The first-order chi connectivity index (χ1) is 8.77. The van der Waals surface area contributed by atoms with Crippen LogP contribution in [0.1, 0.15) is 5.56 Å². The first-order valence-corrected chi connectivity index (χ1v) is 6.32. The Labute approximate surface area is 113 Å². The molecule has 0 amide bonds. The van der Waals surface area contributed by atoms with E-state index >= 15 is 0 Å². The summed E-state index contributed by atoms with van der Waals surface area (Å²) >= 11 is 6.09. The maximum Gasteiger partial charge on any atom is 0.191 e. The Morgan fingerprint density at radius 1 is 1.28 bits per heavy atom. The van der Waals surface area contributed by atoms with Crippen LogP contribution in [0, 0.1) is 0 Å². The third-order valence-corrected chi connectivity index (χ3v) is 2.84. The topological polar surface area (TPSA) is 45.7 Å². The standard InChI is InChI=1S/C13H20ClN3O/c1-15-13(17-9-10-18-2)16-8-7-11-5-3-4-6-12(11)14/h3-6H,7-10H2,1-2H3,(H2,15,16,17). The molecule has 0 aromatic heterocycles. The number of ether oxygens (including phenoxy) is 1. The monoisotopic (exact) mass is 269 g/mol. The molecule has 4 nitrogen and oxygen atoms in total. The molecule has 0 unspecified atom stereocenters. The van der Waals surface area contributed by atoms with Gasteiger partial charge in [0.2, 0.25) is 0 Å². The number of guanidine groups is 1. The second-order valence-corrected chi connectivity index (χ2v) is 4.17. The van der Waals surface area contributed by atoms with Gasteiger partial charge in [-0.05, 0) is 18.1 Å². The number of methoxy groups -OCH3 is 1. The Bertz CT molecular complexity index is 382. The third-order valence-electron chi connectivity index (χ3n) is 2.47. The summed E-state index contributed by atoms with van der Waals surface area (Å²) in [5, 5.41) is 7.19. The van der Waals surface area contributed by atoms with Gasteiger partial charge in [0.05, 0.1) is 6.61 Å². The van der Waals surface area contributed by atoms with Gasteiger partial charge in [-0.2, -0.15) is 0 Å². The largest absolute Gasteiger partial charge is 0.383 e. The molecule has 1 aromatic carbocycles. The fourth-order valence-corrected chi connectivity index (χ4v) is 1.74. The highest BCUT2D eigenvalue weighted by molar-refractivity contribution is 6.31. The zero-order valence-electron chi connectivity index (χ0n) is 10.9. The zero-order chi connectivity index (χ0) is 13.2. The molecule has 5 heteroatoms. The van der Waals surface area contributed by atoms with Crippen LogP contribution >= 0.6 is 11.6 Å². The van der Waals surface area contributed by atoms with Crippen LogP contribution in [-0.2, 0) is 11.2 Å². The molecule has 0 aliphatic carbocycles. The molecule has 0 saturated carbocycles. The summed E-state index contributed by atoms with van der Waals surface area (Å²) in [5.41, 5.74) is 1.14. The van der Waals surface area contributed by atoms with Crippen molar-refractivity contribution in [2.75, 3.05) is 33.9 Å². The first kappa shape index (κ1) is 14.8. The van der Waals surface area contributed by atoms with Crippen LogP contribution in [0.5, 0.6) is 0 Å². The van der Waals surface area contributed by atoms with E-state index in [0.717, 1.165) is 36.1 Å². The average molecular weight is 270 g/mol. The van der Waals surface area contributed by atoms with Crippen LogP contribution in [0.25, 0.3) is 0 Å². The smallest absolute Gasteiger partial charge is 0.191 e. The van der Waals surface area contributed by atoms with Crippen LogP contribution < -0.4 is 10.6 Å². The minimum Gasteiger partial charge on any atom is -0.383 e. The Balaban J connectivity index is 2.30. The third kappa shape index (κ3) is 5.38. The van der Waals surface area contributed by atoms with E-state index in [1.54, 1.807) is 14.2 Å². The number of rotatable bonds is 6. The molecule has 1 rings (SSSR count). The lowest BCUT2D eigenvalue weighted by Gasteiger charge is -2.11. The van der Waals surface area contributed by atoms with Crippen LogP contribution in [-0.4, -0.2) is 39.8 Å². The minimum atomic E-state index is 0.658. The van der Waals surface area contributed by atoms with E-state index in [-0.39, 0.29) is 0 Å². The van der Waals surface area contributed by atoms with Gasteiger partial charge in [-0.3, -0.25) is 4.99 Å². The molecule has 1 aromatic rings. The summed E-state index contributed by atoms with van der Waals surface area (Å²) in [6.45, 7) is 2.18. The number of aliphatic imine (C=N–C) groups is 1. The number of nitrogens with one attached hydrogen (secondary N) is 2. The van der Waals surface area contributed by atoms with Gasteiger partial charge in [-0.1, -0.05) is 29.8 Å². The van der Waals surface area contributed by atoms with E-state index in [1.807, 2.05) is 24.3 Å². The zero-order valence-corrected chi connectivity index (χ0v) is 11.6. The van der Waals surface area contributed by atoms with Gasteiger partial charge < -0.3 is 15.4 Å². The van der Waals surface area contributed by atoms with Crippen molar-refractivity contribution < 1.29 is 4.74 Å². The summed E-state index contributed by atoms with van der Waals surface area (Å²) in [6, 6.07) is 7.87. The molecule has 0 aliphatic rings. The molecule has 2 N–H and O–H groups in total. The molecule has 0 heterocycles. The second kappa shape index (κ2) is 8.78. The Morgan fingerprint density at radius 3 is 2.67 bits per heavy atom. The minimum absolute atomic E-state index is 0.658. The maximum absolute atomic E-state index is 6.09. The number of halogens is 1. The lowest BCUT2D eigenvalue weighted by molar-refractivity contribution is 0.203. The van der Waals surface area contributed by atoms with E-state index in [2.05, 4.69) is 15.6 Å². The van der Waals surface area contributed by atoms with Crippen LogP contribution in [0.4, 0.5) is 0 Å². The van der Waals surface area contributed by atoms with Crippen molar-refractivity contribution in [1.29, 1.82) is 0 Å². The first-order valence-electron chi connectivity index (χ1n) is 5.94. The lowest BCUT2D eigenvalue weighted by atomic mass is 10.1. The highest BCUT2D eigenvalue weighted by Gasteiger charge is 2.00. The molecule has 0 atom stereocenters. The second-order valence-electron chi connectivity index (χ2n) is 3.76. The van der Waals surface area contributed by atoms with E-state index in [9.17, 15) is 0 Å². The fraction of sp³-hybridized carbons (Fsp3) is 0.462. The molecule has 100 valence electrons. The summed E-state index contributed by atoms with van der Waals surface area (Å²) in [5.74, 6) is 0.777. The summed E-state index contributed by atoms with van der Waals surface area (Å²) in [4.78, 5) is 4.12. The number of hydrogen-bond acceptors (Lipinski definition) is 2. The number of nitrogens with zero attached hydrogens (tertiary/aromatic N) is 1. The normalized spacial score (nSPS) is 11.4. The van der Waals surface area contributed by atoms with Gasteiger partial charge in [-0.25, -0.2) is 0 Å². The molecular formula is C13H20ClN3O. The fourth-order valence-electron chi connectivity index (χ4n) is 1.51. The van der Waals surface area contributed by atoms with E-state index < -0.39 is 0 Å². The Kier molecular flexibility index (Phi) is 7.22.